The van der Waals surface area contributed by atoms with Crippen LogP contribution in [0.15, 0.2) is 36.5 Å². The highest BCUT2D eigenvalue weighted by Gasteiger charge is 2.15. The minimum Gasteiger partial charge on any atom is -0.755 e. The van der Waals surface area contributed by atoms with E-state index in [-0.39, 0.29) is 17.5 Å². The molecule has 0 aliphatic carbocycles. The maximum atomic E-state index is 14.4. The molecule has 3 N–H and O–H groups in total. The molecule has 1 unspecified atom stereocenters. The van der Waals surface area contributed by atoms with E-state index in [2.05, 4.69) is 25.3 Å². The zero-order valence-electron chi connectivity index (χ0n) is 17.7. The van der Waals surface area contributed by atoms with Crippen molar-refractivity contribution in [1.82, 2.24) is 9.97 Å². The van der Waals surface area contributed by atoms with E-state index in [1.165, 1.54) is 21.3 Å². The zero-order valence-corrected chi connectivity index (χ0v) is 18.5. The molecule has 0 aliphatic rings. The molecule has 12 heteroatoms. The smallest absolute Gasteiger partial charge is 0.229 e. The summed E-state index contributed by atoms with van der Waals surface area (Å²) in [5.41, 5.74) is 1.89. The summed E-state index contributed by atoms with van der Waals surface area (Å²) in [7, 11) is 4.46. The number of hydrogen-bond acceptors (Lipinski definition) is 9. The Balaban J connectivity index is 1.92. The van der Waals surface area contributed by atoms with Gasteiger partial charge in [0.2, 0.25) is 11.7 Å². The topological polar surface area (TPSA) is 130 Å². The van der Waals surface area contributed by atoms with Gasteiger partial charge in [-0.05, 0) is 24.6 Å². The quantitative estimate of drug-likeness (QED) is 0.408. The number of methoxy groups -OCH3 is 3. The molecule has 170 valence electrons. The molecule has 1 heterocycles. The van der Waals surface area contributed by atoms with Crippen LogP contribution in [0.2, 0.25) is 0 Å². The number of benzene rings is 2. The number of rotatable bonds is 9. The van der Waals surface area contributed by atoms with Gasteiger partial charge in [-0.25, -0.2) is 9.37 Å². The minimum absolute atomic E-state index is 0.0807. The Hall–Kier alpha value is -3.64. The Morgan fingerprint density at radius 1 is 1.00 bits per heavy atom. The number of nitrogens with one attached hydrogen (secondary N) is 3. The number of nitrogens with zero attached hydrogens (tertiary/aromatic N) is 2. The zero-order chi connectivity index (χ0) is 23.3. The van der Waals surface area contributed by atoms with Crippen LogP contribution in [0.25, 0.3) is 0 Å². The van der Waals surface area contributed by atoms with Crippen molar-refractivity contribution in [3.63, 3.8) is 0 Å². The summed E-state index contributed by atoms with van der Waals surface area (Å²) >= 11 is -2.55. The molecule has 1 aromatic heterocycles. The normalized spacial score (nSPS) is 11.4. The highest BCUT2D eigenvalue weighted by atomic mass is 32.2. The van der Waals surface area contributed by atoms with Crippen molar-refractivity contribution >= 4 is 40.1 Å². The van der Waals surface area contributed by atoms with E-state index in [9.17, 15) is 13.2 Å². The van der Waals surface area contributed by atoms with Crippen molar-refractivity contribution in [2.75, 3.05) is 36.7 Å². The summed E-state index contributed by atoms with van der Waals surface area (Å²) in [5.74, 6) is 0.440. The molecule has 0 amide bonds. The molecule has 32 heavy (non-hydrogen) atoms. The second kappa shape index (κ2) is 10.1. The van der Waals surface area contributed by atoms with Crippen LogP contribution in [0.3, 0.4) is 0 Å². The van der Waals surface area contributed by atoms with Gasteiger partial charge in [-0.3, -0.25) is 4.21 Å². The first-order valence-corrected chi connectivity index (χ1v) is 10.2. The summed E-state index contributed by atoms with van der Waals surface area (Å²) in [6.07, 6.45) is 0.989. The molecule has 2 aromatic carbocycles. The van der Waals surface area contributed by atoms with E-state index in [0.29, 0.717) is 28.6 Å². The Kier molecular flexibility index (Phi) is 7.28. The lowest BCUT2D eigenvalue weighted by Crippen LogP contribution is -2.08. The largest absolute Gasteiger partial charge is 0.755 e. The van der Waals surface area contributed by atoms with E-state index in [1.54, 1.807) is 37.3 Å². The Morgan fingerprint density at radius 2 is 1.69 bits per heavy atom. The second-order valence-electron chi connectivity index (χ2n) is 6.44. The third kappa shape index (κ3) is 5.34. The van der Waals surface area contributed by atoms with Gasteiger partial charge in [-0.15, -0.1) is 0 Å². The first-order valence-electron chi connectivity index (χ1n) is 9.17. The number of aromatic nitrogens is 2. The number of anilines is 5. The van der Waals surface area contributed by atoms with Crippen LogP contribution in [0, 0.1) is 12.7 Å². The van der Waals surface area contributed by atoms with Gasteiger partial charge in [0, 0.05) is 29.1 Å². The van der Waals surface area contributed by atoms with Gasteiger partial charge in [0.05, 0.1) is 38.9 Å². The minimum atomic E-state index is -2.55. The highest BCUT2D eigenvalue weighted by molar-refractivity contribution is 7.80. The molecule has 3 aromatic rings. The van der Waals surface area contributed by atoms with E-state index in [4.69, 9.17) is 14.2 Å². The molecule has 10 nitrogen and oxygen atoms in total. The first kappa shape index (κ1) is 23.0. The number of aryl methyl sites for hydroxylation is 1. The third-order valence-corrected chi connectivity index (χ3v) is 4.67. The highest BCUT2D eigenvalue weighted by Crippen LogP contribution is 2.40. The predicted octanol–water partition coefficient (Wildman–Crippen LogP) is 3.64. The fourth-order valence-corrected chi connectivity index (χ4v) is 3.21. The maximum absolute atomic E-state index is 14.4. The molecular formula is C20H21FN5O5S-. The lowest BCUT2D eigenvalue weighted by Gasteiger charge is -2.17. The van der Waals surface area contributed by atoms with Crippen molar-refractivity contribution in [1.29, 1.82) is 0 Å². The fraction of sp³-hybridized carbons (Fsp3) is 0.200. The van der Waals surface area contributed by atoms with Crippen molar-refractivity contribution in [2.45, 2.75) is 6.92 Å². The van der Waals surface area contributed by atoms with Gasteiger partial charge in [0.25, 0.3) is 0 Å². The van der Waals surface area contributed by atoms with Crippen molar-refractivity contribution in [3.8, 4) is 17.2 Å². The van der Waals surface area contributed by atoms with Crippen LogP contribution in [-0.2, 0) is 11.3 Å². The van der Waals surface area contributed by atoms with Crippen molar-refractivity contribution in [2.24, 2.45) is 0 Å². The number of ether oxygens (including phenoxy) is 3. The molecule has 0 spiro atoms. The Bertz CT molecular complexity index is 1120. The Morgan fingerprint density at radius 3 is 2.28 bits per heavy atom. The monoisotopic (exact) mass is 462 g/mol. The molecule has 3 rings (SSSR count). The van der Waals surface area contributed by atoms with E-state index < -0.39 is 17.1 Å². The van der Waals surface area contributed by atoms with Crippen LogP contribution >= 0.6 is 0 Å². The summed E-state index contributed by atoms with van der Waals surface area (Å²) < 4.78 is 54.8. The Labute approximate surface area is 186 Å². The average Bonchev–Trinajstić information content (AvgIpc) is 2.76. The number of halogens is 1. The van der Waals surface area contributed by atoms with Gasteiger partial charge < -0.3 is 34.1 Å². The SMILES string of the molecule is COc1cc(Nc2ncc(F)c(Nc3ccc(C)cc3NS(=O)[O-])n2)cc(OC)c1OC. The molecule has 0 saturated carbocycles. The summed E-state index contributed by atoms with van der Waals surface area (Å²) in [4.78, 5) is 8.11. The molecule has 0 saturated heterocycles. The number of hydrogen-bond donors (Lipinski definition) is 3. The predicted molar refractivity (Wildman–Crippen MR) is 118 cm³/mol. The molecule has 0 bridgehead atoms. The maximum Gasteiger partial charge on any atom is 0.229 e. The lowest BCUT2D eigenvalue weighted by atomic mass is 10.2. The summed E-state index contributed by atoms with van der Waals surface area (Å²) in [6, 6.07) is 8.25. The standard InChI is InChI=1S/C20H22FN5O5S/c1-11-5-6-14(15(7-11)26-32(27)28)24-19-13(21)10-22-20(25-19)23-12-8-16(29-2)18(31-4)17(9-12)30-3/h5-10,26H,1-4H3,(H,27,28)(H2,22,23,24,25)/p-1. The van der Waals surface area contributed by atoms with Crippen LogP contribution in [0.1, 0.15) is 5.56 Å². The lowest BCUT2D eigenvalue weighted by molar-refractivity contribution is 0.324. The molecular weight excluding hydrogens is 441 g/mol. The molecule has 0 radical (unpaired) electrons. The van der Waals surface area contributed by atoms with E-state index >= 15 is 0 Å². The van der Waals surface area contributed by atoms with Crippen LogP contribution in [-0.4, -0.2) is 40.1 Å². The van der Waals surface area contributed by atoms with E-state index in [0.717, 1.165) is 11.8 Å². The summed E-state index contributed by atoms with van der Waals surface area (Å²) in [5, 5.41) is 5.75. The van der Waals surface area contributed by atoms with E-state index in [1.807, 2.05) is 0 Å². The first-order chi connectivity index (χ1) is 15.3. The fourth-order valence-electron chi connectivity index (χ4n) is 2.87. The molecule has 0 aliphatic heterocycles. The van der Waals surface area contributed by atoms with Crippen LogP contribution < -0.4 is 29.6 Å². The van der Waals surface area contributed by atoms with Crippen molar-refractivity contribution < 1.29 is 27.4 Å². The van der Waals surface area contributed by atoms with Gasteiger partial charge in [0.1, 0.15) is 0 Å². The molecule has 1 atom stereocenters. The van der Waals surface area contributed by atoms with Gasteiger partial charge in [-0.1, -0.05) is 6.07 Å². The van der Waals surface area contributed by atoms with Gasteiger partial charge >= 0.3 is 0 Å². The third-order valence-electron chi connectivity index (χ3n) is 4.29. The summed E-state index contributed by atoms with van der Waals surface area (Å²) in [6.45, 7) is 1.80. The van der Waals surface area contributed by atoms with Gasteiger partial charge in [-0.2, -0.15) is 4.98 Å². The van der Waals surface area contributed by atoms with Crippen LogP contribution in [0.5, 0.6) is 17.2 Å². The van der Waals surface area contributed by atoms with Gasteiger partial charge in [0.15, 0.2) is 23.1 Å². The van der Waals surface area contributed by atoms with Crippen LogP contribution in [0.4, 0.5) is 33.2 Å². The van der Waals surface area contributed by atoms with Crippen molar-refractivity contribution in [3.05, 3.63) is 47.9 Å². The second-order valence-corrected chi connectivity index (χ2v) is 7.11. The average molecular weight is 462 g/mol. The molecule has 0 fully saturated rings.